The van der Waals surface area contributed by atoms with E-state index in [1.165, 1.54) is 0 Å². The van der Waals surface area contributed by atoms with Crippen LogP contribution in [0.15, 0.2) is 18.2 Å². The number of nitrogens with zero attached hydrogens (tertiary/aromatic N) is 1. The molecule has 0 aliphatic rings. The minimum Gasteiger partial charge on any atom is -0.484 e. The highest BCUT2D eigenvalue weighted by Gasteiger charge is 2.04. The second kappa shape index (κ2) is 8.02. The molecule has 0 spiro atoms. The molecule has 0 radical (unpaired) electrons. The number of hydrogen-bond donors (Lipinski definition) is 1. The van der Waals surface area contributed by atoms with Crippen molar-refractivity contribution in [2.24, 2.45) is 0 Å². The molecular weight excluding hydrogens is 264 g/mol. The Labute approximate surface area is 119 Å². The fourth-order valence-corrected chi connectivity index (χ4v) is 1.82. The van der Waals surface area contributed by atoms with E-state index in [-0.39, 0.29) is 12.5 Å². The van der Waals surface area contributed by atoms with Gasteiger partial charge in [-0.05, 0) is 57.7 Å². The molecule has 0 fully saturated rings. The zero-order valence-electron chi connectivity index (χ0n) is 11.7. The van der Waals surface area contributed by atoms with E-state index in [4.69, 9.17) is 16.3 Å². The minimum atomic E-state index is -0.104. The highest BCUT2D eigenvalue weighted by atomic mass is 35.5. The molecule has 0 saturated carbocycles. The van der Waals surface area contributed by atoms with E-state index in [9.17, 15) is 4.79 Å². The molecule has 0 aliphatic carbocycles. The smallest absolute Gasteiger partial charge is 0.257 e. The van der Waals surface area contributed by atoms with Crippen LogP contribution in [0, 0.1) is 6.92 Å². The van der Waals surface area contributed by atoms with Crippen LogP contribution in [-0.2, 0) is 4.79 Å². The summed E-state index contributed by atoms with van der Waals surface area (Å²) < 4.78 is 5.45. The van der Waals surface area contributed by atoms with Gasteiger partial charge >= 0.3 is 0 Å². The summed E-state index contributed by atoms with van der Waals surface area (Å²) in [5.41, 5.74) is 0.924. The molecule has 1 N–H and O–H groups in total. The lowest BCUT2D eigenvalue weighted by Gasteiger charge is -2.11. The lowest BCUT2D eigenvalue weighted by atomic mass is 10.2. The van der Waals surface area contributed by atoms with Crippen LogP contribution in [0.2, 0.25) is 5.02 Å². The van der Waals surface area contributed by atoms with Gasteiger partial charge in [-0.2, -0.15) is 0 Å². The third-order valence-corrected chi connectivity index (χ3v) is 2.84. The Kier molecular flexibility index (Phi) is 6.67. The van der Waals surface area contributed by atoms with Gasteiger partial charge in [0.05, 0.1) is 0 Å². The van der Waals surface area contributed by atoms with Crippen LogP contribution in [0.5, 0.6) is 5.75 Å². The fourth-order valence-electron chi connectivity index (χ4n) is 1.59. The number of amides is 1. The van der Waals surface area contributed by atoms with Gasteiger partial charge in [-0.1, -0.05) is 11.6 Å². The lowest BCUT2D eigenvalue weighted by Crippen LogP contribution is -2.31. The molecule has 1 amide bonds. The molecular formula is C14H21ClN2O2. The Morgan fingerprint density at radius 3 is 2.79 bits per heavy atom. The van der Waals surface area contributed by atoms with Crippen molar-refractivity contribution in [3.8, 4) is 5.75 Å². The highest BCUT2D eigenvalue weighted by Crippen LogP contribution is 2.21. The van der Waals surface area contributed by atoms with Crippen LogP contribution in [0.4, 0.5) is 0 Å². The number of nitrogens with one attached hydrogen (secondary N) is 1. The normalized spacial score (nSPS) is 10.6. The maximum absolute atomic E-state index is 11.6. The zero-order valence-corrected chi connectivity index (χ0v) is 12.5. The van der Waals surface area contributed by atoms with Gasteiger partial charge in [-0.3, -0.25) is 4.79 Å². The topological polar surface area (TPSA) is 41.6 Å². The first-order chi connectivity index (χ1) is 8.99. The number of carbonyl (C=O) groups is 1. The van der Waals surface area contributed by atoms with E-state index >= 15 is 0 Å². The second-order valence-electron chi connectivity index (χ2n) is 4.71. The molecule has 0 unspecified atom stereocenters. The average molecular weight is 285 g/mol. The van der Waals surface area contributed by atoms with Gasteiger partial charge in [0.2, 0.25) is 0 Å². The van der Waals surface area contributed by atoms with E-state index in [2.05, 4.69) is 10.2 Å². The number of ether oxygens (including phenoxy) is 1. The molecule has 19 heavy (non-hydrogen) atoms. The Morgan fingerprint density at radius 2 is 2.16 bits per heavy atom. The Bertz CT molecular complexity index is 422. The van der Waals surface area contributed by atoms with Crippen LogP contribution < -0.4 is 10.1 Å². The van der Waals surface area contributed by atoms with Crippen LogP contribution in [0.1, 0.15) is 12.0 Å². The van der Waals surface area contributed by atoms with E-state index in [0.717, 1.165) is 18.5 Å². The van der Waals surface area contributed by atoms with Gasteiger partial charge in [-0.15, -0.1) is 0 Å². The number of rotatable bonds is 7. The van der Waals surface area contributed by atoms with Crippen molar-refractivity contribution < 1.29 is 9.53 Å². The summed E-state index contributed by atoms with van der Waals surface area (Å²) in [4.78, 5) is 13.6. The maximum Gasteiger partial charge on any atom is 0.257 e. The molecule has 0 saturated heterocycles. The SMILES string of the molecule is Cc1cc(Cl)ccc1OCC(=O)NCCCN(C)C. The number of halogens is 1. The number of benzene rings is 1. The van der Waals surface area contributed by atoms with Gasteiger partial charge in [0.15, 0.2) is 6.61 Å². The molecule has 4 nitrogen and oxygen atoms in total. The van der Waals surface area contributed by atoms with E-state index in [1.54, 1.807) is 12.1 Å². The van der Waals surface area contributed by atoms with E-state index < -0.39 is 0 Å². The molecule has 1 aromatic rings. The van der Waals surface area contributed by atoms with Crippen molar-refractivity contribution in [3.05, 3.63) is 28.8 Å². The minimum absolute atomic E-state index is 0.0322. The summed E-state index contributed by atoms with van der Waals surface area (Å²) in [5.74, 6) is 0.584. The summed E-state index contributed by atoms with van der Waals surface area (Å²) in [7, 11) is 4.02. The highest BCUT2D eigenvalue weighted by molar-refractivity contribution is 6.30. The molecule has 0 aliphatic heterocycles. The first-order valence-electron chi connectivity index (χ1n) is 6.29. The van der Waals surface area contributed by atoms with Crippen molar-refractivity contribution in [2.75, 3.05) is 33.8 Å². The van der Waals surface area contributed by atoms with Crippen molar-refractivity contribution in [3.63, 3.8) is 0 Å². The van der Waals surface area contributed by atoms with Gasteiger partial charge < -0.3 is 15.0 Å². The van der Waals surface area contributed by atoms with E-state index in [0.29, 0.717) is 17.3 Å². The van der Waals surface area contributed by atoms with Crippen LogP contribution in [0.3, 0.4) is 0 Å². The van der Waals surface area contributed by atoms with Gasteiger partial charge in [0.25, 0.3) is 5.91 Å². The van der Waals surface area contributed by atoms with Gasteiger partial charge in [-0.25, -0.2) is 0 Å². The van der Waals surface area contributed by atoms with Crippen molar-refractivity contribution in [2.45, 2.75) is 13.3 Å². The van der Waals surface area contributed by atoms with Crippen LogP contribution in [0.25, 0.3) is 0 Å². The molecule has 0 aromatic heterocycles. The summed E-state index contributed by atoms with van der Waals surface area (Å²) in [6, 6.07) is 5.34. The third-order valence-electron chi connectivity index (χ3n) is 2.60. The predicted octanol–water partition coefficient (Wildman–Crippen LogP) is 2.10. The first kappa shape index (κ1) is 15.8. The summed E-state index contributed by atoms with van der Waals surface area (Å²) in [6.07, 6.45) is 0.929. The van der Waals surface area contributed by atoms with Crippen LogP contribution in [-0.4, -0.2) is 44.6 Å². The molecule has 1 rings (SSSR count). The molecule has 0 atom stereocenters. The predicted molar refractivity (Wildman–Crippen MR) is 77.9 cm³/mol. The van der Waals surface area contributed by atoms with Crippen LogP contribution >= 0.6 is 11.6 Å². The number of aryl methyl sites for hydroxylation is 1. The third kappa shape index (κ3) is 6.45. The zero-order chi connectivity index (χ0) is 14.3. The molecule has 106 valence electrons. The Morgan fingerprint density at radius 1 is 1.42 bits per heavy atom. The summed E-state index contributed by atoms with van der Waals surface area (Å²) >= 11 is 5.85. The Hall–Kier alpha value is -1.26. The maximum atomic E-state index is 11.6. The lowest BCUT2D eigenvalue weighted by molar-refractivity contribution is -0.123. The molecule has 5 heteroatoms. The van der Waals surface area contributed by atoms with Crippen molar-refractivity contribution in [1.29, 1.82) is 0 Å². The van der Waals surface area contributed by atoms with Crippen molar-refractivity contribution >= 4 is 17.5 Å². The van der Waals surface area contributed by atoms with Crippen molar-refractivity contribution in [1.82, 2.24) is 10.2 Å². The molecule has 0 bridgehead atoms. The van der Waals surface area contributed by atoms with Gasteiger partial charge in [0, 0.05) is 11.6 Å². The fraction of sp³-hybridized carbons (Fsp3) is 0.500. The molecule has 1 aromatic carbocycles. The first-order valence-corrected chi connectivity index (χ1v) is 6.67. The van der Waals surface area contributed by atoms with Gasteiger partial charge in [0.1, 0.15) is 5.75 Å². The summed E-state index contributed by atoms with van der Waals surface area (Å²) in [5, 5.41) is 3.49. The largest absolute Gasteiger partial charge is 0.484 e. The molecule has 0 heterocycles. The Balaban J connectivity index is 2.26. The standard InChI is InChI=1S/C14H21ClN2O2/c1-11-9-12(15)5-6-13(11)19-10-14(18)16-7-4-8-17(2)3/h5-6,9H,4,7-8,10H2,1-3H3,(H,16,18). The second-order valence-corrected chi connectivity index (χ2v) is 5.14. The average Bonchev–Trinajstić information content (AvgIpc) is 2.33. The quantitative estimate of drug-likeness (QED) is 0.780. The van der Waals surface area contributed by atoms with E-state index in [1.807, 2.05) is 27.1 Å². The number of carbonyl (C=O) groups excluding carboxylic acids is 1. The monoisotopic (exact) mass is 284 g/mol. The summed E-state index contributed by atoms with van der Waals surface area (Å²) in [6.45, 7) is 3.55. The number of hydrogen-bond acceptors (Lipinski definition) is 3.